The van der Waals surface area contributed by atoms with Crippen molar-refractivity contribution in [2.24, 2.45) is 0 Å². The predicted molar refractivity (Wildman–Crippen MR) is 61.2 cm³/mol. The molecule has 0 spiro atoms. The Morgan fingerprint density at radius 3 is 1.12 bits per heavy atom. The lowest BCUT2D eigenvalue weighted by molar-refractivity contribution is 0.0934. The molecule has 0 aliphatic carbocycles. The van der Waals surface area contributed by atoms with Gasteiger partial charge in [0.1, 0.15) is 0 Å². The summed E-state index contributed by atoms with van der Waals surface area (Å²) >= 11 is 0. The van der Waals surface area contributed by atoms with Crippen LogP contribution in [-0.4, -0.2) is 71.0 Å². The van der Waals surface area contributed by atoms with E-state index in [1.807, 2.05) is 0 Å². The molecule has 0 aliphatic heterocycles. The zero-order valence-electron chi connectivity index (χ0n) is 10.0. The smallest absolute Gasteiger partial charge is 0.0633 e. The van der Waals surface area contributed by atoms with Gasteiger partial charge in [-0.15, -0.1) is 0 Å². The predicted octanol–water partition coefficient (Wildman–Crippen LogP) is -2.35. The normalized spacial score (nSPS) is 13.1. The first kappa shape index (κ1) is 15.8. The number of hydrogen-bond acceptors (Lipinski definition) is 6. The van der Waals surface area contributed by atoms with Gasteiger partial charge in [0.05, 0.1) is 37.5 Å². The Hall–Kier alpha value is -0.240. The average Bonchev–Trinajstić information content (AvgIpc) is 2.34. The topological polar surface area (TPSA) is 105 Å². The van der Waals surface area contributed by atoms with Crippen molar-refractivity contribution >= 4 is 0 Å². The van der Waals surface area contributed by atoms with Crippen molar-refractivity contribution in [2.75, 3.05) is 39.5 Å². The van der Waals surface area contributed by atoms with Crippen LogP contribution in [-0.2, 0) is 0 Å². The largest absolute Gasteiger partial charge is 0.394 e. The summed E-state index contributed by atoms with van der Waals surface area (Å²) < 4.78 is 0. The minimum atomic E-state index is -0.698. The fourth-order valence-electron chi connectivity index (χ4n) is 1.05. The lowest BCUT2D eigenvalue weighted by atomic mass is 10.0. The van der Waals surface area contributed by atoms with E-state index in [0.29, 0.717) is 13.1 Å². The van der Waals surface area contributed by atoms with E-state index in [0.717, 1.165) is 0 Å². The fourth-order valence-corrected chi connectivity index (χ4v) is 1.05. The lowest BCUT2D eigenvalue weighted by Crippen LogP contribution is -2.54. The average molecular weight is 236 g/mol. The molecule has 0 atom stereocenters. The summed E-state index contributed by atoms with van der Waals surface area (Å²) in [4.78, 5) is 0. The second kappa shape index (κ2) is 7.16. The molecule has 0 bridgehead atoms. The Balaban J connectivity index is 3.83. The Morgan fingerprint density at radius 1 is 0.688 bits per heavy atom. The lowest BCUT2D eigenvalue weighted by Gasteiger charge is -2.29. The maximum absolute atomic E-state index is 9.01. The van der Waals surface area contributed by atoms with E-state index in [9.17, 15) is 0 Å². The van der Waals surface area contributed by atoms with E-state index in [2.05, 4.69) is 10.6 Å². The maximum atomic E-state index is 9.01. The van der Waals surface area contributed by atoms with Crippen molar-refractivity contribution in [3.8, 4) is 0 Å². The molecule has 0 saturated heterocycles. The van der Waals surface area contributed by atoms with Gasteiger partial charge in [0, 0.05) is 13.1 Å². The Kier molecular flexibility index (Phi) is 7.05. The van der Waals surface area contributed by atoms with Crippen molar-refractivity contribution < 1.29 is 20.4 Å². The number of aliphatic hydroxyl groups excluding tert-OH is 4. The van der Waals surface area contributed by atoms with Crippen molar-refractivity contribution in [3.05, 3.63) is 0 Å². The first-order chi connectivity index (χ1) is 7.45. The summed E-state index contributed by atoms with van der Waals surface area (Å²) in [6.45, 7) is 3.86. The standard InChI is InChI=1S/C10H24N2O4/c1-9(5-13,6-14)11-3-4-12-10(2,7-15)8-16/h11-16H,3-8H2,1-2H3. The molecule has 0 aliphatic rings. The maximum Gasteiger partial charge on any atom is 0.0633 e. The van der Waals surface area contributed by atoms with Crippen LogP contribution in [0.3, 0.4) is 0 Å². The van der Waals surface area contributed by atoms with E-state index < -0.39 is 11.1 Å². The van der Waals surface area contributed by atoms with Crippen LogP contribution in [0.4, 0.5) is 0 Å². The molecule has 0 aromatic carbocycles. The van der Waals surface area contributed by atoms with Crippen LogP contribution in [0.5, 0.6) is 0 Å². The fraction of sp³-hybridized carbons (Fsp3) is 1.00. The summed E-state index contributed by atoms with van der Waals surface area (Å²) in [7, 11) is 0. The first-order valence-corrected chi connectivity index (χ1v) is 5.39. The van der Waals surface area contributed by atoms with Gasteiger partial charge in [0.25, 0.3) is 0 Å². The molecular formula is C10H24N2O4. The minimum absolute atomic E-state index is 0.152. The molecule has 0 rings (SSSR count). The highest BCUT2D eigenvalue weighted by molar-refractivity contribution is 4.84. The van der Waals surface area contributed by atoms with Gasteiger partial charge in [-0.2, -0.15) is 0 Å². The molecule has 16 heavy (non-hydrogen) atoms. The van der Waals surface area contributed by atoms with Gasteiger partial charge < -0.3 is 31.1 Å². The van der Waals surface area contributed by atoms with Gasteiger partial charge in [-0.25, -0.2) is 0 Å². The van der Waals surface area contributed by atoms with E-state index in [1.165, 1.54) is 0 Å². The highest BCUT2D eigenvalue weighted by Gasteiger charge is 2.23. The zero-order valence-corrected chi connectivity index (χ0v) is 10.0. The summed E-state index contributed by atoms with van der Waals surface area (Å²) in [5, 5.41) is 42.0. The number of aliphatic hydroxyl groups is 4. The van der Waals surface area contributed by atoms with E-state index in [4.69, 9.17) is 20.4 Å². The molecule has 0 radical (unpaired) electrons. The van der Waals surface area contributed by atoms with Crippen LogP contribution in [0.1, 0.15) is 13.8 Å². The molecule has 0 saturated carbocycles. The second-order valence-corrected chi connectivity index (χ2v) is 4.61. The van der Waals surface area contributed by atoms with Crippen LogP contribution in [0.25, 0.3) is 0 Å². The molecule has 0 fully saturated rings. The molecule has 0 aromatic rings. The monoisotopic (exact) mass is 236 g/mol. The van der Waals surface area contributed by atoms with Crippen LogP contribution in [0.2, 0.25) is 0 Å². The Morgan fingerprint density at radius 2 is 0.938 bits per heavy atom. The zero-order chi connectivity index (χ0) is 12.7. The number of hydrogen-bond donors (Lipinski definition) is 6. The molecule has 6 heteroatoms. The summed E-state index contributed by atoms with van der Waals surface area (Å²) in [5.74, 6) is 0. The molecule has 6 N–H and O–H groups in total. The Bertz CT molecular complexity index is 162. The van der Waals surface area contributed by atoms with Gasteiger partial charge in [-0.05, 0) is 13.8 Å². The SMILES string of the molecule is CC(CO)(CO)NCCNC(C)(CO)CO. The highest BCUT2D eigenvalue weighted by atomic mass is 16.3. The third kappa shape index (κ3) is 5.20. The second-order valence-electron chi connectivity index (χ2n) is 4.61. The third-order valence-corrected chi connectivity index (χ3v) is 2.62. The van der Waals surface area contributed by atoms with Crippen molar-refractivity contribution in [2.45, 2.75) is 24.9 Å². The van der Waals surface area contributed by atoms with Gasteiger partial charge >= 0.3 is 0 Å². The van der Waals surface area contributed by atoms with Crippen LogP contribution in [0, 0.1) is 0 Å². The molecule has 0 aromatic heterocycles. The quantitative estimate of drug-likeness (QED) is 0.251. The summed E-state index contributed by atoms with van der Waals surface area (Å²) in [6.07, 6.45) is 0. The van der Waals surface area contributed by atoms with Gasteiger partial charge in [-0.3, -0.25) is 0 Å². The highest BCUT2D eigenvalue weighted by Crippen LogP contribution is 2.01. The summed E-state index contributed by atoms with van der Waals surface area (Å²) in [6, 6.07) is 0. The van der Waals surface area contributed by atoms with E-state index in [-0.39, 0.29) is 26.4 Å². The molecule has 0 amide bonds. The molecule has 98 valence electrons. The van der Waals surface area contributed by atoms with Gasteiger partial charge in [0.2, 0.25) is 0 Å². The minimum Gasteiger partial charge on any atom is -0.394 e. The van der Waals surface area contributed by atoms with Crippen molar-refractivity contribution in [3.63, 3.8) is 0 Å². The van der Waals surface area contributed by atoms with E-state index >= 15 is 0 Å². The van der Waals surface area contributed by atoms with Crippen molar-refractivity contribution in [1.82, 2.24) is 10.6 Å². The van der Waals surface area contributed by atoms with Gasteiger partial charge in [0.15, 0.2) is 0 Å². The van der Waals surface area contributed by atoms with Crippen LogP contribution < -0.4 is 10.6 Å². The Labute approximate surface area is 96.3 Å². The van der Waals surface area contributed by atoms with Crippen LogP contribution in [0.15, 0.2) is 0 Å². The molecule has 0 unspecified atom stereocenters. The molecule has 6 nitrogen and oxygen atoms in total. The number of rotatable bonds is 9. The molecule has 0 heterocycles. The first-order valence-electron chi connectivity index (χ1n) is 5.39. The summed E-state index contributed by atoms with van der Waals surface area (Å²) in [5.41, 5.74) is -1.40. The number of nitrogens with one attached hydrogen (secondary N) is 2. The molecular weight excluding hydrogens is 212 g/mol. The third-order valence-electron chi connectivity index (χ3n) is 2.62. The van der Waals surface area contributed by atoms with Crippen LogP contribution >= 0.6 is 0 Å². The van der Waals surface area contributed by atoms with E-state index in [1.54, 1.807) is 13.8 Å². The van der Waals surface area contributed by atoms with Crippen molar-refractivity contribution in [1.29, 1.82) is 0 Å². The van der Waals surface area contributed by atoms with Gasteiger partial charge in [-0.1, -0.05) is 0 Å².